The lowest BCUT2D eigenvalue weighted by Crippen LogP contribution is -2.35. The Balaban J connectivity index is 1.55. The number of carbonyl (C=O) groups excluding carboxylic acids is 2. The first-order valence-corrected chi connectivity index (χ1v) is 12.1. The summed E-state index contributed by atoms with van der Waals surface area (Å²) in [6.45, 7) is 7.42. The minimum absolute atomic E-state index is 0.326. The van der Waals surface area contributed by atoms with E-state index < -0.39 is 11.6 Å². The molecule has 1 atom stereocenters. The fourth-order valence-electron chi connectivity index (χ4n) is 5.22. The highest BCUT2D eigenvalue weighted by molar-refractivity contribution is 6.30. The summed E-state index contributed by atoms with van der Waals surface area (Å²) >= 11 is 6.42. The first kappa shape index (κ1) is 23.2. The average molecular weight is 488 g/mol. The lowest BCUT2D eigenvalue weighted by atomic mass is 9.71. The molecular weight excluding hydrogens is 462 g/mol. The molecule has 0 saturated carbocycles. The van der Waals surface area contributed by atoms with Crippen molar-refractivity contribution in [2.75, 3.05) is 24.6 Å². The number of benzene rings is 3. The molecule has 0 saturated heterocycles. The van der Waals surface area contributed by atoms with Crippen molar-refractivity contribution in [2.24, 2.45) is 0 Å². The number of esters is 2. The van der Waals surface area contributed by atoms with E-state index in [0.717, 1.165) is 46.6 Å². The molecule has 0 radical (unpaired) electrons. The van der Waals surface area contributed by atoms with E-state index in [-0.39, 0.29) is 5.97 Å². The molecule has 3 aromatic rings. The van der Waals surface area contributed by atoms with Gasteiger partial charge >= 0.3 is 11.9 Å². The van der Waals surface area contributed by atoms with Crippen molar-refractivity contribution >= 4 is 29.2 Å². The van der Waals surface area contributed by atoms with Crippen molar-refractivity contribution in [1.29, 1.82) is 0 Å². The third-order valence-corrected chi connectivity index (χ3v) is 7.04. The van der Waals surface area contributed by atoms with E-state index in [1.807, 2.05) is 42.5 Å². The van der Waals surface area contributed by atoms with Gasteiger partial charge in [0.25, 0.3) is 0 Å². The molecule has 0 aromatic heterocycles. The average Bonchev–Trinajstić information content (AvgIpc) is 3.17. The SMILES string of the molecule is C=CC(=O)OCCCN(CC)c1ccc2c(c1)Cc1ccc(Cl)cc1C21OC(=O)c2ccccc21. The van der Waals surface area contributed by atoms with Gasteiger partial charge in [0.15, 0.2) is 5.60 Å². The van der Waals surface area contributed by atoms with Gasteiger partial charge in [-0.25, -0.2) is 9.59 Å². The highest BCUT2D eigenvalue weighted by atomic mass is 35.5. The largest absolute Gasteiger partial charge is 0.462 e. The number of anilines is 1. The van der Waals surface area contributed by atoms with Gasteiger partial charge < -0.3 is 14.4 Å². The maximum absolute atomic E-state index is 13.0. The van der Waals surface area contributed by atoms with Crippen LogP contribution >= 0.6 is 11.6 Å². The zero-order valence-electron chi connectivity index (χ0n) is 19.6. The van der Waals surface area contributed by atoms with Crippen LogP contribution in [-0.4, -0.2) is 31.6 Å². The Morgan fingerprint density at radius 3 is 2.74 bits per heavy atom. The Hall–Kier alpha value is -3.57. The van der Waals surface area contributed by atoms with Gasteiger partial charge in [0.05, 0.1) is 12.2 Å². The van der Waals surface area contributed by atoms with Gasteiger partial charge in [-0.15, -0.1) is 0 Å². The van der Waals surface area contributed by atoms with Crippen LogP contribution < -0.4 is 4.90 Å². The Labute approximate surface area is 209 Å². The van der Waals surface area contributed by atoms with Crippen LogP contribution in [0.4, 0.5) is 5.69 Å². The molecule has 0 fully saturated rings. The highest BCUT2D eigenvalue weighted by Gasteiger charge is 2.52. The summed E-state index contributed by atoms with van der Waals surface area (Å²) in [5.74, 6) is -0.731. The van der Waals surface area contributed by atoms with Gasteiger partial charge in [0.1, 0.15) is 0 Å². The molecule has 2 aliphatic rings. The minimum atomic E-state index is -1.02. The molecule has 1 unspecified atom stereocenters. The van der Waals surface area contributed by atoms with Crippen molar-refractivity contribution in [1.82, 2.24) is 0 Å². The normalized spacial score (nSPS) is 17.3. The third-order valence-electron chi connectivity index (χ3n) is 6.80. The molecule has 1 aliphatic heterocycles. The molecular formula is C29H26ClNO4. The van der Waals surface area contributed by atoms with E-state index in [0.29, 0.717) is 30.0 Å². The van der Waals surface area contributed by atoms with E-state index in [4.69, 9.17) is 21.1 Å². The molecule has 5 nitrogen and oxygen atoms in total. The van der Waals surface area contributed by atoms with Crippen LogP contribution in [0.5, 0.6) is 0 Å². The first-order valence-electron chi connectivity index (χ1n) is 11.8. The van der Waals surface area contributed by atoms with Gasteiger partial charge in [-0.1, -0.05) is 48.5 Å². The maximum atomic E-state index is 13.0. The molecule has 1 heterocycles. The molecule has 3 aromatic carbocycles. The predicted octanol–water partition coefficient (Wildman–Crippen LogP) is 5.65. The van der Waals surface area contributed by atoms with E-state index in [1.54, 1.807) is 0 Å². The fourth-order valence-corrected chi connectivity index (χ4v) is 5.39. The summed E-state index contributed by atoms with van der Waals surface area (Å²) < 4.78 is 11.4. The third kappa shape index (κ3) is 3.90. The minimum Gasteiger partial charge on any atom is -0.462 e. The lowest BCUT2D eigenvalue weighted by molar-refractivity contribution is -0.137. The maximum Gasteiger partial charge on any atom is 0.340 e. The monoisotopic (exact) mass is 487 g/mol. The van der Waals surface area contributed by atoms with Gasteiger partial charge in [0.2, 0.25) is 0 Å². The van der Waals surface area contributed by atoms with Crippen LogP contribution in [0.25, 0.3) is 0 Å². The molecule has 5 rings (SSSR count). The van der Waals surface area contributed by atoms with Gasteiger partial charge in [-0.2, -0.15) is 0 Å². The Kier molecular flexibility index (Phi) is 6.12. The lowest BCUT2D eigenvalue weighted by Gasteiger charge is -2.38. The molecule has 35 heavy (non-hydrogen) atoms. The smallest absolute Gasteiger partial charge is 0.340 e. The van der Waals surface area contributed by atoms with Crippen LogP contribution in [0.15, 0.2) is 73.3 Å². The number of ether oxygens (including phenoxy) is 2. The van der Waals surface area contributed by atoms with Crippen LogP contribution in [0, 0.1) is 0 Å². The number of fused-ring (bicyclic) bond motifs is 6. The summed E-state index contributed by atoms with van der Waals surface area (Å²) in [4.78, 5) is 26.5. The van der Waals surface area contributed by atoms with Gasteiger partial charge in [0, 0.05) is 46.6 Å². The molecule has 0 N–H and O–H groups in total. The van der Waals surface area contributed by atoms with Crippen molar-refractivity contribution in [3.05, 3.63) is 112 Å². The summed E-state index contributed by atoms with van der Waals surface area (Å²) in [7, 11) is 0. The Bertz CT molecular complexity index is 1330. The van der Waals surface area contributed by atoms with Crippen LogP contribution in [0.3, 0.4) is 0 Å². The van der Waals surface area contributed by atoms with E-state index in [2.05, 4.69) is 36.6 Å². The molecule has 178 valence electrons. The number of rotatable bonds is 7. The number of hydrogen-bond acceptors (Lipinski definition) is 5. The van der Waals surface area contributed by atoms with Gasteiger partial charge in [-0.05, 0) is 61.2 Å². The summed E-state index contributed by atoms with van der Waals surface area (Å²) in [5, 5.41) is 0.609. The second-order valence-corrected chi connectivity index (χ2v) is 9.18. The van der Waals surface area contributed by atoms with Crippen molar-refractivity contribution in [3.63, 3.8) is 0 Å². The molecule has 1 spiro atoms. The van der Waals surface area contributed by atoms with Crippen molar-refractivity contribution in [3.8, 4) is 0 Å². The second-order valence-electron chi connectivity index (χ2n) is 8.74. The Morgan fingerprint density at radius 2 is 1.94 bits per heavy atom. The van der Waals surface area contributed by atoms with E-state index in [1.165, 1.54) is 6.08 Å². The first-order chi connectivity index (χ1) is 17.0. The zero-order chi connectivity index (χ0) is 24.6. The van der Waals surface area contributed by atoms with Crippen LogP contribution in [0.2, 0.25) is 5.02 Å². The predicted molar refractivity (Wildman–Crippen MR) is 136 cm³/mol. The summed E-state index contributed by atoms with van der Waals surface area (Å²) in [5.41, 5.74) is 5.56. The molecule has 1 aliphatic carbocycles. The van der Waals surface area contributed by atoms with Crippen molar-refractivity contribution < 1.29 is 19.1 Å². The molecule has 0 bridgehead atoms. The summed E-state index contributed by atoms with van der Waals surface area (Å²) in [6.07, 6.45) is 2.60. The fraction of sp³-hybridized carbons (Fsp3) is 0.241. The topological polar surface area (TPSA) is 55.8 Å². The van der Waals surface area contributed by atoms with E-state index in [9.17, 15) is 9.59 Å². The van der Waals surface area contributed by atoms with Gasteiger partial charge in [-0.3, -0.25) is 0 Å². The number of carbonyl (C=O) groups is 2. The van der Waals surface area contributed by atoms with Crippen LogP contribution in [0.1, 0.15) is 51.5 Å². The quantitative estimate of drug-likeness (QED) is 0.245. The number of halogens is 1. The molecule has 0 amide bonds. The Morgan fingerprint density at radius 1 is 1.11 bits per heavy atom. The zero-order valence-corrected chi connectivity index (χ0v) is 20.3. The molecule has 6 heteroatoms. The van der Waals surface area contributed by atoms with Crippen LogP contribution in [-0.2, 0) is 26.3 Å². The number of hydrogen-bond donors (Lipinski definition) is 0. The number of nitrogens with zero attached hydrogens (tertiary/aromatic N) is 1. The second kappa shape index (κ2) is 9.23. The standard InChI is InChI=1S/C29H26ClNO4/c1-3-27(32)34-15-7-14-31(4-2)22-12-13-24-20(17-22)16-19-10-11-21(30)18-26(19)29(24)25-9-6-5-8-23(25)28(33)35-29/h3,5-6,8-13,17-18H,1,4,7,14-16H2,2H3. The van der Waals surface area contributed by atoms with E-state index >= 15 is 0 Å². The van der Waals surface area contributed by atoms with Crippen molar-refractivity contribution in [2.45, 2.75) is 25.4 Å². The highest BCUT2D eigenvalue weighted by Crippen LogP contribution is 2.52. The summed E-state index contributed by atoms with van der Waals surface area (Å²) in [6, 6.07) is 19.7.